The zero-order chi connectivity index (χ0) is 14.5. The zero-order valence-electron chi connectivity index (χ0n) is 12.4. The van der Waals surface area contributed by atoms with E-state index < -0.39 is 0 Å². The van der Waals surface area contributed by atoms with Crippen molar-refractivity contribution in [3.8, 4) is 11.1 Å². The highest BCUT2D eigenvalue weighted by molar-refractivity contribution is 5.66. The van der Waals surface area contributed by atoms with Crippen LogP contribution in [0.1, 0.15) is 25.3 Å². The van der Waals surface area contributed by atoms with E-state index in [1.807, 2.05) is 24.1 Å². The summed E-state index contributed by atoms with van der Waals surface area (Å²) in [4.78, 5) is 1.92. The molecule has 0 bridgehead atoms. The number of anilines is 1. The third-order valence-electron chi connectivity index (χ3n) is 3.64. The molecule has 0 radical (unpaired) electrons. The van der Waals surface area contributed by atoms with Crippen molar-refractivity contribution >= 4 is 5.69 Å². The van der Waals surface area contributed by atoms with Gasteiger partial charge in [0.15, 0.2) is 0 Å². The first-order chi connectivity index (χ1) is 9.61. The summed E-state index contributed by atoms with van der Waals surface area (Å²) in [7, 11) is 1.91. The van der Waals surface area contributed by atoms with Crippen molar-refractivity contribution in [1.29, 1.82) is 0 Å². The number of rotatable bonds is 5. The van der Waals surface area contributed by atoms with E-state index in [1.54, 1.807) is 0 Å². The van der Waals surface area contributed by atoms with Gasteiger partial charge in [0.2, 0.25) is 0 Å². The van der Waals surface area contributed by atoms with Gasteiger partial charge in [-0.2, -0.15) is 0 Å². The predicted molar refractivity (Wildman–Crippen MR) is 85.2 cm³/mol. The molecule has 2 rings (SSSR count). The Morgan fingerprint density at radius 1 is 0.900 bits per heavy atom. The molecular weight excluding hydrogens is 249 g/mol. The average molecular weight is 271 g/mol. The van der Waals surface area contributed by atoms with E-state index >= 15 is 0 Å². The van der Waals surface area contributed by atoms with Gasteiger partial charge in [0, 0.05) is 19.3 Å². The van der Waals surface area contributed by atoms with Crippen LogP contribution in [0.3, 0.4) is 0 Å². The molecule has 0 N–H and O–H groups in total. The first kappa shape index (κ1) is 14.6. The summed E-state index contributed by atoms with van der Waals surface area (Å²) in [5, 5.41) is 0. The summed E-state index contributed by atoms with van der Waals surface area (Å²) in [6.45, 7) is 4.51. The third kappa shape index (κ3) is 3.38. The maximum absolute atomic E-state index is 12.3. The molecule has 0 aliphatic heterocycles. The molecule has 0 heterocycles. The van der Waals surface area contributed by atoms with Gasteiger partial charge in [0.05, 0.1) is 0 Å². The largest absolute Gasteiger partial charge is 0.372 e. The number of hydrogen-bond donors (Lipinski definition) is 0. The Hall–Kier alpha value is -1.83. The van der Waals surface area contributed by atoms with Crippen molar-refractivity contribution in [2.75, 3.05) is 25.2 Å². The van der Waals surface area contributed by atoms with E-state index in [-0.39, 0.29) is 6.67 Å². The minimum Gasteiger partial charge on any atom is -0.372 e. The van der Waals surface area contributed by atoms with E-state index in [0.29, 0.717) is 12.5 Å². The fourth-order valence-electron chi connectivity index (χ4n) is 2.22. The molecule has 20 heavy (non-hydrogen) atoms. The fraction of sp³-hybridized carbons (Fsp3) is 0.333. The molecule has 0 aromatic heterocycles. The second kappa shape index (κ2) is 6.56. The van der Waals surface area contributed by atoms with Crippen molar-refractivity contribution in [2.24, 2.45) is 0 Å². The predicted octanol–water partition coefficient (Wildman–Crippen LogP) is 4.88. The lowest BCUT2D eigenvalue weighted by Crippen LogP contribution is -2.19. The van der Waals surface area contributed by atoms with Gasteiger partial charge < -0.3 is 4.90 Å². The Morgan fingerprint density at radius 2 is 1.40 bits per heavy atom. The lowest BCUT2D eigenvalue weighted by molar-refractivity contribution is 0.497. The lowest BCUT2D eigenvalue weighted by atomic mass is 9.99. The Bertz CT molecular complexity index is 528. The Morgan fingerprint density at radius 3 is 1.85 bits per heavy atom. The SMILES string of the molecule is CC(C)c1ccc(-c2ccc(N(C)CCF)cc2)cc1. The Labute approximate surface area is 121 Å². The number of hydrogen-bond acceptors (Lipinski definition) is 1. The van der Waals surface area contributed by atoms with Gasteiger partial charge in [-0.3, -0.25) is 0 Å². The van der Waals surface area contributed by atoms with Crippen molar-refractivity contribution in [3.05, 3.63) is 54.1 Å². The number of nitrogens with zero attached hydrogens (tertiary/aromatic N) is 1. The lowest BCUT2D eigenvalue weighted by Gasteiger charge is -2.17. The summed E-state index contributed by atoms with van der Waals surface area (Å²) < 4.78 is 12.3. The van der Waals surface area contributed by atoms with Gasteiger partial charge in [-0.25, -0.2) is 4.39 Å². The second-order valence-electron chi connectivity index (χ2n) is 5.43. The van der Waals surface area contributed by atoms with Crippen molar-refractivity contribution in [3.63, 3.8) is 0 Å². The number of benzene rings is 2. The first-order valence-corrected chi connectivity index (χ1v) is 7.09. The topological polar surface area (TPSA) is 3.24 Å². The van der Waals surface area contributed by atoms with Crippen LogP contribution in [0.2, 0.25) is 0 Å². The van der Waals surface area contributed by atoms with Gasteiger partial charge in [0.1, 0.15) is 6.67 Å². The van der Waals surface area contributed by atoms with Gasteiger partial charge in [-0.15, -0.1) is 0 Å². The molecule has 2 heteroatoms. The monoisotopic (exact) mass is 271 g/mol. The summed E-state index contributed by atoms with van der Waals surface area (Å²) in [6.07, 6.45) is 0. The van der Waals surface area contributed by atoms with Gasteiger partial charge >= 0.3 is 0 Å². The molecule has 0 aliphatic rings. The second-order valence-corrected chi connectivity index (χ2v) is 5.43. The highest BCUT2D eigenvalue weighted by Crippen LogP contribution is 2.24. The molecule has 1 nitrogen and oxygen atoms in total. The highest BCUT2D eigenvalue weighted by atomic mass is 19.1. The van der Waals surface area contributed by atoms with Crippen molar-refractivity contribution in [2.45, 2.75) is 19.8 Å². The number of alkyl halides is 1. The van der Waals surface area contributed by atoms with Crippen LogP contribution >= 0.6 is 0 Å². The average Bonchev–Trinajstić information content (AvgIpc) is 2.48. The van der Waals surface area contributed by atoms with Crippen LogP contribution in [0, 0.1) is 0 Å². The highest BCUT2D eigenvalue weighted by Gasteiger charge is 2.03. The van der Waals surface area contributed by atoms with Crippen molar-refractivity contribution in [1.82, 2.24) is 0 Å². The van der Waals surface area contributed by atoms with Crippen LogP contribution in [0.4, 0.5) is 10.1 Å². The minimum atomic E-state index is -0.324. The maximum Gasteiger partial charge on any atom is 0.107 e. The molecular formula is C18H22FN. The molecule has 0 saturated carbocycles. The van der Waals surface area contributed by atoms with Crippen LogP contribution in [0.25, 0.3) is 11.1 Å². The molecule has 0 fully saturated rings. The van der Waals surface area contributed by atoms with Crippen LogP contribution < -0.4 is 4.90 Å². The van der Waals surface area contributed by atoms with Crippen molar-refractivity contribution < 1.29 is 4.39 Å². The zero-order valence-corrected chi connectivity index (χ0v) is 12.4. The molecule has 0 saturated heterocycles. The molecule has 2 aromatic carbocycles. The van der Waals surface area contributed by atoms with E-state index in [1.165, 1.54) is 16.7 Å². The molecule has 0 amide bonds. The normalized spacial score (nSPS) is 10.8. The first-order valence-electron chi connectivity index (χ1n) is 7.09. The molecule has 0 unspecified atom stereocenters. The maximum atomic E-state index is 12.3. The molecule has 2 aromatic rings. The summed E-state index contributed by atoms with van der Waals surface area (Å²) >= 11 is 0. The third-order valence-corrected chi connectivity index (χ3v) is 3.64. The van der Waals surface area contributed by atoms with E-state index in [2.05, 4.69) is 50.2 Å². The fourth-order valence-corrected chi connectivity index (χ4v) is 2.22. The molecule has 0 aliphatic carbocycles. The molecule has 0 spiro atoms. The number of halogens is 1. The standard InChI is InChI=1S/C18H22FN/c1-14(2)15-4-6-16(7-5-15)17-8-10-18(11-9-17)20(3)13-12-19/h4-11,14H,12-13H2,1-3H3. The van der Waals surface area contributed by atoms with Crippen LogP contribution in [-0.4, -0.2) is 20.3 Å². The smallest absolute Gasteiger partial charge is 0.107 e. The van der Waals surface area contributed by atoms with Gasteiger partial charge in [-0.05, 0) is 34.7 Å². The Kier molecular flexibility index (Phi) is 4.78. The molecule has 106 valence electrons. The quantitative estimate of drug-likeness (QED) is 0.749. The molecule has 0 atom stereocenters. The summed E-state index contributed by atoms with van der Waals surface area (Å²) in [5.41, 5.74) is 4.81. The summed E-state index contributed by atoms with van der Waals surface area (Å²) in [6, 6.07) is 17.0. The summed E-state index contributed by atoms with van der Waals surface area (Å²) in [5.74, 6) is 0.556. The van der Waals surface area contributed by atoms with E-state index in [9.17, 15) is 4.39 Å². The van der Waals surface area contributed by atoms with Crippen LogP contribution in [0.15, 0.2) is 48.5 Å². The van der Waals surface area contributed by atoms with Crippen LogP contribution in [0.5, 0.6) is 0 Å². The van der Waals surface area contributed by atoms with Gasteiger partial charge in [0.25, 0.3) is 0 Å². The van der Waals surface area contributed by atoms with E-state index in [4.69, 9.17) is 0 Å². The minimum absolute atomic E-state index is 0.324. The van der Waals surface area contributed by atoms with Gasteiger partial charge in [-0.1, -0.05) is 50.2 Å². The van der Waals surface area contributed by atoms with E-state index in [0.717, 1.165) is 5.69 Å². The Balaban J connectivity index is 2.17. The van der Waals surface area contributed by atoms with Crippen LogP contribution in [-0.2, 0) is 0 Å².